The molecule has 91 heavy (non-hydrogen) atoms. The first-order valence-corrected chi connectivity index (χ1v) is 31.3. The summed E-state index contributed by atoms with van der Waals surface area (Å²) in [6.45, 7) is 28.3. The average molecular weight is 1280 g/mol. The van der Waals surface area contributed by atoms with E-state index in [1.165, 1.54) is 50.1 Å². The van der Waals surface area contributed by atoms with E-state index in [-0.39, 0.29) is 50.4 Å². The topological polar surface area (TPSA) is 213 Å². The van der Waals surface area contributed by atoms with E-state index in [1.807, 2.05) is 66.7 Å². The zero-order valence-corrected chi connectivity index (χ0v) is 56.4. The number of carbonyl (C=O) groups is 8. The summed E-state index contributed by atoms with van der Waals surface area (Å²) in [5, 5.41) is 8.50. The summed E-state index contributed by atoms with van der Waals surface area (Å²) < 4.78 is 23.3. The van der Waals surface area contributed by atoms with Crippen LogP contribution in [0, 0.1) is 10.8 Å². The van der Waals surface area contributed by atoms with Gasteiger partial charge in [0.25, 0.3) is 17.7 Å². The zero-order valence-electron chi connectivity index (χ0n) is 54.9. The number of anilines is 3. The highest BCUT2D eigenvalue weighted by atomic mass is 35.5. The van der Waals surface area contributed by atoms with Crippen LogP contribution >= 0.6 is 23.2 Å². The second-order valence-corrected chi connectivity index (χ2v) is 27.3. The second kappa shape index (κ2) is 30.2. The van der Waals surface area contributed by atoms with Gasteiger partial charge in [-0.2, -0.15) is 0 Å². The number of hydrogen-bond acceptors (Lipinski definition) is 12. The number of Topliss-reactive ketones (excluding diaryl/α,β-unsaturated/α-hetero) is 3. The minimum atomic E-state index is -1.76. The number of hydrogen-bond donors (Lipinski definition) is 3. The molecule has 3 N–H and O–H groups in total. The molecule has 0 radical (unpaired) electrons. The third-order valence-corrected chi connectivity index (χ3v) is 16.6. The fourth-order valence-corrected chi connectivity index (χ4v) is 9.70. The standard InChI is InChI=1S/C53H63ClN2O6.C20H23ClN2O6/c1-10-52(6,7)39-23-30-46(43(33-39)53(8,9)11-2)60-31-15-18-47(57)55-40-24-29-44(54)45(34-40)56-50(59)48(49(58)51(3,4)5)62-42-27-21-37(22-28-42)32-36-19-25-41(26-20-36)61-35-38-16-13-12-14-17-38;1-10(24)11-7-8-12(21)13(9-11)22-16(26)14(15(25)19(2,3)4)23-17(27)20(5,6)29-18(23)28/h12-14,16-17,19-30,33-34,48H,10-11,15,18,31-32,35H2,1-9H3,(H,55,57)(H,56,59);7-9,14H,1-6H3,(H,22,26). The SMILES string of the molecule is CC(=O)c1ccc(Cl)c(NC(=O)C(C(=O)C(C)(C)C)N2C(=O)OC(C)(C)C2=O)c1.CCC(C)(C)c1ccc(OCCCC(=O)Nc2ccc(Cl)c(NC(=O)C(Oc3ccc(Cc4ccc(OCc5ccccc5)cc4)cc3)C(=O)C(C)(C)C)c2)c(C(C)(C)CC)c1. The summed E-state index contributed by atoms with van der Waals surface area (Å²) in [5.74, 6) is -1.92. The van der Waals surface area contributed by atoms with E-state index < -0.39 is 64.0 Å². The Labute approximate surface area is 545 Å². The van der Waals surface area contributed by atoms with Crippen molar-refractivity contribution in [1.82, 2.24) is 4.90 Å². The first-order valence-electron chi connectivity index (χ1n) is 30.5. The van der Waals surface area contributed by atoms with Gasteiger partial charge in [-0.05, 0) is 146 Å². The molecule has 0 saturated carbocycles. The minimum absolute atomic E-state index is 0.0574. The minimum Gasteiger partial charge on any atom is -0.493 e. The van der Waals surface area contributed by atoms with Gasteiger partial charge >= 0.3 is 6.09 Å². The molecule has 0 aromatic heterocycles. The monoisotopic (exact) mass is 1280 g/mol. The van der Waals surface area contributed by atoms with Crippen molar-refractivity contribution in [1.29, 1.82) is 0 Å². The Hall–Kier alpha value is -8.34. The van der Waals surface area contributed by atoms with Crippen LogP contribution in [0.1, 0.15) is 168 Å². The van der Waals surface area contributed by atoms with Crippen LogP contribution in [-0.2, 0) is 57.4 Å². The number of ketones is 3. The number of nitrogens with zero attached hydrogens (tertiary/aromatic N) is 1. The van der Waals surface area contributed by atoms with E-state index >= 15 is 0 Å². The summed E-state index contributed by atoms with van der Waals surface area (Å²) in [6, 6.07) is 39.2. The molecule has 6 aromatic rings. The number of halogens is 2. The van der Waals surface area contributed by atoms with Crippen molar-refractivity contribution in [2.45, 2.75) is 171 Å². The number of rotatable bonds is 25. The van der Waals surface area contributed by atoms with Crippen LogP contribution in [0.3, 0.4) is 0 Å². The summed E-state index contributed by atoms with van der Waals surface area (Å²) in [7, 11) is 0. The van der Waals surface area contributed by atoms with E-state index in [1.54, 1.807) is 71.9 Å². The maximum atomic E-state index is 13.8. The molecule has 1 aliphatic rings. The van der Waals surface area contributed by atoms with Crippen LogP contribution in [0.5, 0.6) is 17.2 Å². The number of cyclic esters (lactones) is 1. The summed E-state index contributed by atoms with van der Waals surface area (Å²) >= 11 is 12.6. The Bertz CT molecular complexity index is 3620. The lowest BCUT2D eigenvalue weighted by molar-refractivity contribution is -0.145. The third-order valence-electron chi connectivity index (χ3n) is 15.9. The van der Waals surface area contributed by atoms with Gasteiger partial charge in [0, 0.05) is 34.1 Å². The molecule has 484 valence electrons. The van der Waals surface area contributed by atoms with Crippen molar-refractivity contribution < 1.29 is 57.3 Å². The average Bonchev–Trinajstić information content (AvgIpc) is 1.75. The predicted molar refractivity (Wildman–Crippen MR) is 358 cm³/mol. The van der Waals surface area contributed by atoms with Crippen LogP contribution in [0.4, 0.5) is 21.9 Å². The van der Waals surface area contributed by atoms with Gasteiger partial charge in [0.15, 0.2) is 29.0 Å². The molecule has 1 heterocycles. The van der Waals surface area contributed by atoms with Gasteiger partial charge in [0.2, 0.25) is 12.0 Å². The van der Waals surface area contributed by atoms with Crippen molar-refractivity contribution in [3.8, 4) is 17.2 Å². The summed E-state index contributed by atoms with van der Waals surface area (Å²) in [5.41, 5.74) is 3.32. The molecule has 1 saturated heterocycles. The molecule has 2 atom stereocenters. The molecule has 6 aromatic carbocycles. The fourth-order valence-electron chi connectivity index (χ4n) is 9.37. The van der Waals surface area contributed by atoms with Crippen LogP contribution in [0.25, 0.3) is 0 Å². The van der Waals surface area contributed by atoms with Gasteiger partial charge in [-0.1, -0.05) is 173 Å². The lowest BCUT2D eigenvalue weighted by Gasteiger charge is -2.30. The zero-order chi connectivity index (χ0) is 67.4. The maximum Gasteiger partial charge on any atom is 0.418 e. The number of ether oxygens (including phenoxy) is 4. The Morgan fingerprint density at radius 1 is 0.604 bits per heavy atom. The van der Waals surface area contributed by atoms with Crippen molar-refractivity contribution in [2.24, 2.45) is 10.8 Å². The number of benzene rings is 6. The van der Waals surface area contributed by atoms with Crippen LogP contribution in [-0.4, -0.2) is 76.3 Å². The Kier molecular flexibility index (Phi) is 23.8. The molecule has 0 aliphatic carbocycles. The third kappa shape index (κ3) is 19.3. The molecule has 1 aliphatic heterocycles. The Morgan fingerprint density at radius 3 is 1.71 bits per heavy atom. The van der Waals surface area contributed by atoms with Crippen molar-refractivity contribution in [3.63, 3.8) is 0 Å². The summed E-state index contributed by atoms with van der Waals surface area (Å²) in [6.07, 6.45) is 0.852. The largest absolute Gasteiger partial charge is 0.493 e. The highest BCUT2D eigenvalue weighted by molar-refractivity contribution is 6.35. The lowest BCUT2D eigenvalue weighted by Crippen LogP contribution is -2.55. The van der Waals surface area contributed by atoms with Crippen LogP contribution < -0.4 is 30.2 Å². The molecule has 16 nitrogen and oxygen atoms in total. The molecule has 1 fully saturated rings. The molecular weight excluding hydrogens is 1200 g/mol. The molecule has 18 heteroatoms. The van der Waals surface area contributed by atoms with Gasteiger partial charge in [-0.25, -0.2) is 9.69 Å². The first kappa shape index (κ1) is 71.7. The van der Waals surface area contributed by atoms with Crippen LogP contribution in [0.15, 0.2) is 133 Å². The number of nitrogens with one attached hydrogen (secondary N) is 3. The van der Waals surface area contributed by atoms with Crippen molar-refractivity contribution in [2.75, 3.05) is 22.6 Å². The van der Waals surface area contributed by atoms with Gasteiger partial charge in [-0.3, -0.25) is 33.6 Å². The van der Waals surface area contributed by atoms with Gasteiger partial charge in [0.05, 0.1) is 28.0 Å². The van der Waals surface area contributed by atoms with Gasteiger partial charge in [0.1, 0.15) is 23.9 Å². The number of amides is 5. The summed E-state index contributed by atoms with van der Waals surface area (Å²) in [4.78, 5) is 104. The quantitative estimate of drug-likeness (QED) is 0.0277. The number of carbonyl (C=O) groups excluding carboxylic acids is 8. The van der Waals surface area contributed by atoms with E-state index in [4.69, 9.17) is 42.1 Å². The van der Waals surface area contributed by atoms with E-state index in [0.717, 1.165) is 41.0 Å². The fraction of sp³-hybridized carbons (Fsp3) is 0.397. The highest BCUT2D eigenvalue weighted by Crippen LogP contribution is 2.39. The normalized spacial score (nSPS) is 13.8. The first-order chi connectivity index (χ1) is 42.5. The molecule has 2 unspecified atom stereocenters. The number of imide groups is 1. The van der Waals surface area contributed by atoms with E-state index in [0.29, 0.717) is 48.0 Å². The van der Waals surface area contributed by atoms with Gasteiger partial charge in [-0.15, -0.1) is 0 Å². The molecule has 0 spiro atoms. The van der Waals surface area contributed by atoms with Gasteiger partial charge < -0.3 is 34.9 Å². The Morgan fingerprint density at radius 2 is 1.16 bits per heavy atom. The molecule has 7 rings (SSSR count). The highest BCUT2D eigenvalue weighted by Gasteiger charge is 2.55. The maximum absolute atomic E-state index is 13.8. The molecular formula is C73H86Cl2N4O12. The smallest absolute Gasteiger partial charge is 0.418 e. The lowest BCUT2D eigenvalue weighted by atomic mass is 9.76. The second-order valence-electron chi connectivity index (χ2n) is 26.5. The van der Waals surface area contributed by atoms with E-state index in [2.05, 4.69) is 75.7 Å². The molecule has 5 amide bonds. The Balaban J connectivity index is 0.000000378. The molecule has 0 bridgehead atoms. The van der Waals surface area contributed by atoms with E-state index in [9.17, 15) is 38.4 Å². The predicted octanol–water partition coefficient (Wildman–Crippen LogP) is 15.9. The van der Waals surface area contributed by atoms with Crippen LogP contribution in [0.2, 0.25) is 10.0 Å². The van der Waals surface area contributed by atoms with Crippen molar-refractivity contribution >= 4 is 87.3 Å². The van der Waals surface area contributed by atoms with Crippen molar-refractivity contribution in [3.05, 3.63) is 177 Å².